The van der Waals surface area contributed by atoms with Gasteiger partial charge in [0.25, 0.3) is 11.5 Å². The molecule has 5 rings (SSSR count). The smallest absolute Gasteiger partial charge is 0.338 e. The Morgan fingerprint density at radius 2 is 1.67 bits per heavy atom. The van der Waals surface area contributed by atoms with Gasteiger partial charge in [0.05, 0.1) is 34.6 Å². The van der Waals surface area contributed by atoms with Crippen LogP contribution in [0.4, 0.5) is 0 Å². The van der Waals surface area contributed by atoms with Crippen molar-refractivity contribution in [1.82, 2.24) is 9.47 Å². The fraction of sp³-hybridized carbons (Fsp3) is 0.375. The normalized spacial score (nSPS) is 16.8. The van der Waals surface area contributed by atoms with Gasteiger partial charge in [-0.05, 0) is 82.0 Å². The molecule has 220 valence electrons. The van der Waals surface area contributed by atoms with Crippen LogP contribution in [0.1, 0.15) is 57.7 Å². The van der Waals surface area contributed by atoms with Gasteiger partial charge < -0.3 is 19.1 Å². The molecule has 2 aliphatic rings. The average Bonchev–Trinajstić information content (AvgIpc) is 3.61. The number of allylic oxidation sites excluding steroid dienone is 1. The molecule has 9 nitrogen and oxygen atoms in total. The summed E-state index contributed by atoms with van der Waals surface area (Å²) in [5, 5.41) is 0. The summed E-state index contributed by atoms with van der Waals surface area (Å²) in [5.74, 6) is 0.777. The highest BCUT2D eigenvalue weighted by Crippen LogP contribution is 2.32. The first-order chi connectivity index (χ1) is 20.2. The Labute approximate surface area is 248 Å². The van der Waals surface area contributed by atoms with Gasteiger partial charge in [0.2, 0.25) is 0 Å². The zero-order valence-corrected chi connectivity index (χ0v) is 25.1. The fourth-order valence-electron chi connectivity index (χ4n) is 5.10. The van der Waals surface area contributed by atoms with Crippen molar-refractivity contribution in [1.29, 1.82) is 0 Å². The van der Waals surface area contributed by atoms with Crippen molar-refractivity contribution in [3.63, 3.8) is 0 Å². The number of nitrogens with zero attached hydrogens (tertiary/aromatic N) is 3. The van der Waals surface area contributed by atoms with E-state index in [9.17, 15) is 14.4 Å². The van der Waals surface area contributed by atoms with Crippen LogP contribution in [0.15, 0.2) is 69.6 Å². The van der Waals surface area contributed by atoms with E-state index in [4.69, 9.17) is 14.2 Å². The molecule has 0 aliphatic carbocycles. The van der Waals surface area contributed by atoms with E-state index in [1.807, 2.05) is 48.2 Å². The Morgan fingerprint density at radius 3 is 2.31 bits per heavy atom. The maximum absolute atomic E-state index is 13.9. The van der Waals surface area contributed by atoms with Crippen LogP contribution in [0.2, 0.25) is 0 Å². The number of ether oxygens (including phenoxy) is 3. The minimum atomic E-state index is -0.700. The summed E-state index contributed by atoms with van der Waals surface area (Å²) in [6.07, 6.45) is 3.54. The van der Waals surface area contributed by atoms with E-state index in [0.29, 0.717) is 38.7 Å². The molecular formula is C32H35N3O6S. The monoisotopic (exact) mass is 589 g/mol. The lowest BCUT2D eigenvalue weighted by atomic mass is 9.96. The van der Waals surface area contributed by atoms with Crippen LogP contribution in [0.25, 0.3) is 6.08 Å². The van der Waals surface area contributed by atoms with E-state index in [0.717, 1.165) is 37.1 Å². The Kier molecular flexibility index (Phi) is 8.91. The summed E-state index contributed by atoms with van der Waals surface area (Å²) >= 11 is 1.27. The Hall–Kier alpha value is -4.18. The highest BCUT2D eigenvalue weighted by molar-refractivity contribution is 7.07. The van der Waals surface area contributed by atoms with Gasteiger partial charge >= 0.3 is 5.97 Å². The van der Waals surface area contributed by atoms with Crippen molar-refractivity contribution < 1.29 is 23.8 Å². The summed E-state index contributed by atoms with van der Waals surface area (Å²) in [4.78, 5) is 46.4. The van der Waals surface area contributed by atoms with Gasteiger partial charge in [0.15, 0.2) is 11.4 Å². The molecule has 1 aromatic heterocycles. The number of aromatic nitrogens is 1. The predicted octanol–water partition coefficient (Wildman–Crippen LogP) is 3.59. The molecule has 1 atom stereocenters. The lowest BCUT2D eigenvalue weighted by Gasteiger charge is -2.25. The van der Waals surface area contributed by atoms with Gasteiger partial charge in [-0.15, -0.1) is 0 Å². The van der Waals surface area contributed by atoms with Crippen LogP contribution in [-0.2, 0) is 14.3 Å². The van der Waals surface area contributed by atoms with E-state index >= 15 is 0 Å². The van der Waals surface area contributed by atoms with Crippen molar-refractivity contribution >= 4 is 29.3 Å². The number of carbonyl (C=O) groups is 2. The molecule has 0 spiro atoms. The number of fused-ring (bicyclic) bond motifs is 1. The zero-order valence-electron chi connectivity index (χ0n) is 24.3. The first kappa shape index (κ1) is 29.3. The van der Waals surface area contributed by atoms with Crippen molar-refractivity contribution in [3.8, 4) is 11.5 Å². The van der Waals surface area contributed by atoms with Crippen LogP contribution in [0, 0.1) is 0 Å². The number of rotatable bonds is 9. The molecule has 1 fully saturated rings. The summed E-state index contributed by atoms with van der Waals surface area (Å²) in [7, 11) is 0. The number of carbonyl (C=O) groups excluding carboxylic acids is 2. The highest BCUT2D eigenvalue weighted by atomic mass is 32.1. The summed E-state index contributed by atoms with van der Waals surface area (Å²) in [6, 6.07) is 13.9. The number of hydrogen-bond donors (Lipinski definition) is 0. The highest BCUT2D eigenvalue weighted by Gasteiger charge is 2.33. The Balaban J connectivity index is 1.46. The van der Waals surface area contributed by atoms with Crippen LogP contribution in [0.5, 0.6) is 11.5 Å². The molecule has 42 heavy (non-hydrogen) atoms. The Morgan fingerprint density at radius 1 is 1.02 bits per heavy atom. The molecular weight excluding hydrogens is 554 g/mol. The number of amides is 1. The topological polar surface area (TPSA) is 99.4 Å². The summed E-state index contributed by atoms with van der Waals surface area (Å²) in [6.45, 7) is 9.37. The van der Waals surface area contributed by atoms with Crippen molar-refractivity contribution in [2.24, 2.45) is 4.99 Å². The van der Waals surface area contributed by atoms with Crippen LogP contribution in [0.3, 0.4) is 0 Å². The van der Waals surface area contributed by atoms with Gasteiger partial charge in [-0.3, -0.25) is 14.2 Å². The standard InChI is InChI=1S/C32H35N3O6S/c1-5-39-24-14-10-23(11-15-24)29-28(31(38)41-20(2)3)21(4)33-32-35(29)30(37)26(42-32)18-22-8-12-25(13-9-22)40-19-27(36)34-16-6-7-17-34/h8-15,18,20,29H,5-7,16-17,19H2,1-4H3/b26-18-/t29-/m1/s1. The molecule has 0 N–H and O–H groups in total. The molecule has 3 heterocycles. The molecule has 1 amide bonds. The first-order valence-corrected chi connectivity index (χ1v) is 15.0. The zero-order chi connectivity index (χ0) is 29.8. The first-order valence-electron chi connectivity index (χ1n) is 14.2. The van der Waals surface area contributed by atoms with E-state index in [2.05, 4.69) is 4.99 Å². The maximum atomic E-state index is 13.9. The van der Waals surface area contributed by atoms with Gasteiger partial charge in [-0.2, -0.15) is 0 Å². The Bertz CT molecular complexity index is 1660. The molecule has 1 saturated heterocycles. The second kappa shape index (κ2) is 12.8. The van der Waals surface area contributed by atoms with Crippen LogP contribution in [-0.4, -0.2) is 53.8 Å². The minimum Gasteiger partial charge on any atom is -0.494 e. The van der Waals surface area contributed by atoms with Gasteiger partial charge in [0, 0.05) is 13.1 Å². The molecule has 10 heteroatoms. The molecule has 0 saturated carbocycles. The maximum Gasteiger partial charge on any atom is 0.338 e. The van der Waals surface area contributed by atoms with Crippen molar-refractivity contribution in [2.75, 3.05) is 26.3 Å². The number of hydrogen-bond acceptors (Lipinski definition) is 8. The fourth-order valence-corrected chi connectivity index (χ4v) is 6.15. The van der Waals surface area contributed by atoms with Crippen molar-refractivity contribution in [2.45, 2.75) is 52.7 Å². The van der Waals surface area contributed by atoms with E-state index in [-0.39, 0.29) is 24.2 Å². The molecule has 3 aromatic rings. The second-order valence-corrected chi connectivity index (χ2v) is 11.5. The van der Waals surface area contributed by atoms with Crippen LogP contribution >= 0.6 is 11.3 Å². The molecule has 2 aliphatic heterocycles. The minimum absolute atomic E-state index is 0.00439. The van der Waals surface area contributed by atoms with Crippen molar-refractivity contribution in [3.05, 3.63) is 90.6 Å². The lowest BCUT2D eigenvalue weighted by molar-refractivity contribution is -0.143. The third kappa shape index (κ3) is 6.33. The lowest BCUT2D eigenvalue weighted by Crippen LogP contribution is -2.40. The number of esters is 1. The largest absolute Gasteiger partial charge is 0.494 e. The van der Waals surface area contributed by atoms with Gasteiger partial charge in [-0.1, -0.05) is 35.6 Å². The average molecular weight is 590 g/mol. The van der Waals surface area contributed by atoms with Crippen LogP contribution < -0.4 is 24.4 Å². The van der Waals surface area contributed by atoms with E-state index in [1.54, 1.807) is 43.5 Å². The number of benzene rings is 2. The van der Waals surface area contributed by atoms with Gasteiger partial charge in [-0.25, -0.2) is 9.79 Å². The third-order valence-corrected chi connectivity index (χ3v) is 8.07. The SMILES string of the molecule is CCOc1ccc([C@@H]2C(C(=O)OC(C)C)=C(C)N=c3s/c(=C\c4ccc(OCC(=O)N5CCCC5)cc4)c(=O)n32)cc1. The molecule has 2 aromatic carbocycles. The molecule has 0 radical (unpaired) electrons. The number of likely N-dealkylation sites (tertiary alicyclic amines) is 1. The van der Waals surface area contributed by atoms with Gasteiger partial charge in [0.1, 0.15) is 11.5 Å². The molecule has 0 bridgehead atoms. The summed E-state index contributed by atoms with van der Waals surface area (Å²) in [5.41, 5.74) is 2.14. The van der Waals surface area contributed by atoms with E-state index < -0.39 is 12.0 Å². The predicted molar refractivity (Wildman–Crippen MR) is 160 cm³/mol. The quantitative estimate of drug-likeness (QED) is 0.354. The third-order valence-electron chi connectivity index (χ3n) is 7.09. The molecule has 0 unspecified atom stereocenters. The second-order valence-electron chi connectivity index (χ2n) is 10.5. The van der Waals surface area contributed by atoms with E-state index in [1.165, 1.54) is 11.3 Å². The number of thiazole rings is 1. The summed E-state index contributed by atoms with van der Waals surface area (Å²) < 4.78 is 18.9.